The molecule has 0 saturated heterocycles. The van der Waals surface area contributed by atoms with Crippen molar-refractivity contribution in [1.29, 1.82) is 0 Å². The molecule has 0 unspecified atom stereocenters. The van der Waals surface area contributed by atoms with Crippen LogP contribution in [0.1, 0.15) is 36.8 Å². The minimum Gasteiger partial charge on any atom is -0.330 e. The van der Waals surface area contributed by atoms with Gasteiger partial charge in [-0.1, -0.05) is 35.9 Å². The van der Waals surface area contributed by atoms with Crippen molar-refractivity contribution in [2.45, 2.75) is 48.2 Å². The molecule has 9 heteroatoms. The van der Waals surface area contributed by atoms with E-state index in [2.05, 4.69) is 4.72 Å². The lowest BCUT2D eigenvalue weighted by Gasteiger charge is -2.40. The van der Waals surface area contributed by atoms with Crippen LogP contribution in [0.4, 0.5) is 13.2 Å². The first-order valence-corrected chi connectivity index (χ1v) is 11.1. The molecule has 0 radical (unpaired) electrons. The Morgan fingerprint density at radius 2 is 1.76 bits per heavy atom. The number of rotatable bonds is 5. The number of nitrogens with two attached hydrogens (primary N) is 1. The molecule has 29 heavy (non-hydrogen) atoms. The molecule has 0 heterocycles. The SMILES string of the molecule is NCC1(c2cccc(Cl)c2)CCC(NS(=O)(=O)c2ccccc2C(F)(F)F)CC1. The second-order valence-electron chi connectivity index (χ2n) is 7.38. The number of benzene rings is 2. The van der Waals surface area contributed by atoms with Gasteiger partial charge in [0.2, 0.25) is 10.0 Å². The zero-order chi connectivity index (χ0) is 21.3. The molecule has 2 aromatic rings. The first-order chi connectivity index (χ1) is 13.6. The van der Waals surface area contributed by atoms with Crippen molar-refractivity contribution in [3.8, 4) is 0 Å². The average Bonchev–Trinajstić information content (AvgIpc) is 2.68. The predicted octanol–water partition coefficient (Wildman–Crippen LogP) is 4.48. The lowest BCUT2D eigenvalue weighted by Crippen LogP contribution is -2.45. The zero-order valence-corrected chi connectivity index (χ0v) is 17.1. The first kappa shape index (κ1) is 22.1. The molecule has 0 aliphatic heterocycles. The molecule has 2 aromatic carbocycles. The molecule has 0 bridgehead atoms. The number of hydrogen-bond donors (Lipinski definition) is 2. The molecule has 1 aliphatic carbocycles. The maximum Gasteiger partial charge on any atom is 0.417 e. The zero-order valence-electron chi connectivity index (χ0n) is 15.5. The highest BCUT2D eigenvalue weighted by molar-refractivity contribution is 7.89. The number of sulfonamides is 1. The Morgan fingerprint density at radius 1 is 1.10 bits per heavy atom. The average molecular weight is 447 g/mol. The van der Waals surface area contributed by atoms with E-state index in [-0.39, 0.29) is 5.41 Å². The summed E-state index contributed by atoms with van der Waals surface area (Å²) in [5.41, 5.74) is 5.55. The van der Waals surface area contributed by atoms with E-state index in [1.165, 1.54) is 12.1 Å². The number of hydrogen-bond acceptors (Lipinski definition) is 3. The molecule has 0 atom stereocenters. The molecule has 1 saturated carbocycles. The fourth-order valence-corrected chi connectivity index (χ4v) is 5.66. The Kier molecular flexibility index (Phi) is 6.29. The van der Waals surface area contributed by atoms with E-state index < -0.39 is 32.7 Å². The van der Waals surface area contributed by atoms with Crippen molar-refractivity contribution >= 4 is 21.6 Å². The highest BCUT2D eigenvalue weighted by Crippen LogP contribution is 2.40. The molecule has 4 nitrogen and oxygen atoms in total. The Hall–Kier alpha value is -1.61. The van der Waals surface area contributed by atoms with E-state index >= 15 is 0 Å². The summed E-state index contributed by atoms with van der Waals surface area (Å²) in [5, 5.41) is 0.599. The van der Waals surface area contributed by atoms with E-state index in [1.807, 2.05) is 18.2 Å². The van der Waals surface area contributed by atoms with Crippen molar-refractivity contribution in [2.24, 2.45) is 5.73 Å². The highest BCUT2D eigenvalue weighted by Gasteiger charge is 2.40. The third-order valence-electron chi connectivity index (χ3n) is 5.57. The number of alkyl halides is 3. The van der Waals surface area contributed by atoms with Crippen LogP contribution in [-0.2, 0) is 21.6 Å². The third kappa shape index (κ3) is 4.77. The van der Waals surface area contributed by atoms with Crippen molar-refractivity contribution in [3.05, 3.63) is 64.7 Å². The van der Waals surface area contributed by atoms with Crippen LogP contribution in [0.3, 0.4) is 0 Å². The van der Waals surface area contributed by atoms with Crippen molar-refractivity contribution in [2.75, 3.05) is 6.54 Å². The molecule has 0 amide bonds. The predicted molar refractivity (Wildman–Crippen MR) is 106 cm³/mol. The third-order valence-corrected chi connectivity index (χ3v) is 7.39. The Labute approximate surface area is 173 Å². The van der Waals surface area contributed by atoms with Gasteiger partial charge in [-0.3, -0.25) is 0 Å². The Morgan fingerprint density at radius 3 is 2.34 bits per heavy atom. The van der Waals surface area contributed by atoms with Gasteiger partial charge in [0, 0.05) is 23.0 Å². The van der Waals surface area contributed by atoms with Gasteiger partial charge >= 0.3 is 6.18 Å². The van der Waals surface area contributed by atoms with E-state index in [4.69, 9.17) is 17.3 Å². The van der Waals surface area contributed by atoms with Gasteiger partial charge in [0.05, 0.1) is 10.5 Å². The molecule has 3 rings (SSSR count). The van der Waals surface area contributed by atoms with Crippen molar-refractivity contribution in [1.82, 2.24) is 4.72 Å². The second kappa shape index (κ2) is 8.26. The summed E-state index contributed by atoms with van der Waals surface area (Å²) < 4.78 is 67.4. The molecule has 1 fully saturated rings. The molecule has 1 aliphatic rings. The van der Waals surface area contributed by atoms with Crippen molar-refractivity contribution < 1.29 is 21.6 Å². The first-order valence-electron chi connectivity index (χ1n) is 9.22. The monoisotopic (exact) mass is 446 g/mol. The summed E-state index contributed by atoms with van der Waals surface area (Å²) >= 11 is 6.09. The van der Waals surface area contributed by atoms with Crippen LogP contribution in [0, 0.1) is 0 Å². The maximum atomic E-state index is 13.2. The summed E-state index contributed by atoms with van der Waals surface area (Å²) in [7, 11) is -4.31. The number of nitrogens with one attached hydrogen (secondary N) is 1. The van der Waals surface area contributed by atoms with Crippen LogP contribution in [0.25, 0.3) is 0 Å². The minimum atomic E-state index is -4.75. The van der Waals surface area contributed by atoms with Gasteiger partial charge in [0.15, 0.2) is 0 Å². The topological polar surface area (TPSA) is 72.2 Å². The summed E-state index contributed by atoms with van der Waals surface area (Å²) in [6.07, 6.45) is -2.59. The molecule has 0 spiro atoms. The molecular formula is C20H22ClF3N2O2S. The number of halogens is 4. The highest BCUT2D eigenvalue weighted by atomic mass is 35.5. The lowest BCUT2D eigenvalue weighted by atomic mass is 9.68. The van der Waals surface area contributed by atoms with E-state index in [0.29, 0.717) is 37.3 Å². The Balaban J connectivity index is 1.77. The van der Waals surface area contributed by atoms with Gasteiger partial charge in [-0.05, 0) is 55.5 Å². The Bertz CT molecular complexity index is 972. The normalized spacial score (nSPS) is 23.1. The fourth-order valence-electron chi connectivity index (χ4n) is 3.94. The van der Waals surface area contributed by atoms with Crippen LogP contribution in [0.2, 0.25) is 5.02 Å². The smallest absolute Gasteiger partial charge is 0.330 e. The molecule has 158 valence electrons. The summed E-state index contributed by atoms with van der Waals surface area (Å²) in [6.45, 7) is 0.379. The van der Waals surface area contributed by atoms with Gasteiger partial charge in [-0.2, -0.15) is 13.2 Å². The van der Waals surface area contributed by atoms with Gasteiger partial charge in [-0.15, -0.1) is 0 Å². The molecule has 0 aromatic heterocycles. The van der Waals surface area contributed by atoms with Gasteiger partial charge < -0.3 is 5.73 Å². The largest absolute Gasteiger partial charge is 0.417 e. The van der Waals surface area contributed by atoms with Crippen LogP contribution >= 0.6 is 11.6 Å². The van der Waals surface area contributed by atoms with Gasteiger partial charge in [-0.25, -0.2) is 13.1 Å². The summed E-state index contributed by atoms with van der Waals surface area (Å²) in [4.78, 5) is -0.752. The molecule has 3 N–H and O–H groups in total. The lowest BCUT2D eigenvalue weighted by molar-refractivity contribution is -0.139. The summed E-state index contributed by atoms with van der Waals surface area (Å²) in [5.74, 6) is 0. The van der Waals surface area contributed by atoms with Gasteiger partial charge in [0.25, 0.3) is 0 Å². The summed E-state index contributed by atoms with van der Waals surface area (Å²) in [6, 6.07) is 11.2. The van der Waals surface area contributed by atoms with E-state index in [0.717, 1.165) is 17.7 Å². The van der Waals surface area contributed by atoms with E-state index in [9.17, 15) is 21.6 Å². The van der Waals surface area contributed by atoms with Gasteiger partial charge in [0.1, 0.15) is 0 Å². The molecular weight excluding hydrogens is 425 g/mol. The van der Waals surface area contributed by atoms with Crippen LogP contribution in [-0.4, -0.2) is 21.0 Å². The maximum absolute atomic E-state index is 13.2. The van der Waals surface area contributed by atoms with Crippen molar-refractivity contribution in [3.63, 3.8) is 0 Å². The minimum absolute atomic E-state index is 0.323. The standard InChI is InChI=1S/C20H22ClF3N2O2S/c21-15-5-3-4-14(12-15)19(13-25)10-8-16(9-11-19)26-29(27,28)18-7-2-1-6-17(18)20(22,23)24/h1-7,12,16,26H,8-11,13,25H2. The van der Waals surface area contributed by atoms with Crippen LogP contribution in [0.15, 0.2) is 53.4 Å². The fraction of sp³-hybridized carbons (Fsp3) is 0.400. The van der Waals surface area contributed by atoms with Crippen LogP contribution < -0.4 is 10.5 Å². The quantitative estimate of drug-likeness (QED) is 0.711. The van der Waals surface area contributed by atoms with E-state index in [1.54, 1.807) is 6.07 Å². The van der Waals surface area contributed by atoms with Crippen LogP contribution in [0.5, 0.6) is 0 Å². The second-order valence-corrected chi connectivity index (χ2v) is 9.50.